The maximum atomic E-state index is 13.6. The molecule has 0 unspecified atom stereocenters. The number of ether oxygens (including phenoxy) is 1. The second-order valence-corrected chi connectivity index (χ2v) is 4.35. The minimum absolute atomic E-state index is 0.0803. The van der Waals surface area contributed by atoms with Crippen LogP contribution in [-0.4, -0.2) is 37.0 Å². The number of carbonyl (C=O) groups excluding carboxylic acids is 2. The van der Waals surface area contributed by atoms with E-state index in [0.717, 1.165) is 0 Å². The van der Waals surface area contributed by atoms with Crippen LogP contribution >= 0.6 is 15.9 Å². The van der Waals surface area contributed by atoms with E-state index in [1.54, 1.807) is 13.0 Å². The zero-order valence-corrected chi connectivity index (χ0v) is 11.7. The molecule has 0 bridgehead atoms. The summed E-state index contributed by atoms with van der Waals surface area (Å²) in [7, 11) is 1.24. The van der Waals surface area contributed by atoms with Crippen molar-refractivity contribution in [1.29, 1.82) is 0 Å². The fraction of sp³-hybridized carbons (Fsp3) is 0.333. The van der Waals surface area contributed by atoms with Gasteiger partial charge in [-0.15, -0.1) is 0 Å². The first-order valence-corrected chi connectivity index (χ1v) is 6.10. The van der Waals surface area contributed by atoms with Gasteiger partial charge in [-0.05, 0) is 35.0 Å². The van der Waals surface area contributed by atoms with Gasteiger partial charge >= 0.3 is 5.97 Å². The van der Waals surface area contributed by atoms with Crippen LogP contribution in [0.5, 0.6) is 0 Å². The van der Waals surface area contributed by atoms with E-state index in [0.29, 0.717) is 4.47 Å². The van der Waals surface area contributed by atoms with Crippen molar-refractivity contribution in [3.05, 3.63) is 34.1 Å². The fourth-order valence-electron chi connectivity index (χ4n) is 1.41. The van der Waals surface area contributed by atoms with Crippen LogP contribution in [-0.2, 0) is 9.53 Å². The second kappa shape index (κ2) is 6.49. The zero-order valence-electron chi connectivity index (χ0n) is 10.1. The van der Waals surface area contributed by atoms with Crippen molar-refractivity contribution >= 4 is 27.8 Å². The highest BCUT2D eigenvalue weighted by molar-refractivity contribution is 9.10. The van der Waals surface area contributed by atoms with Gasteiger partial charge in [0.2, 0.25) is 0 Å². The van der Waals surface area contributed by atoms with E-state index in [-0.39, 0.29) is 18.7 Å². The van der Waals surface area contributed by atoms with E-state index in [1.165, 1.54) is 24.1 Å². The summed E-state index contributed by atoms with van der Waals surface area (Å²) >= 11 is 3.12. The third-order valence-electron chi connectivity index (χ3n) is 2.39. The molecule has 0 heterocycles. The van der Waals surface area contributed by atoms with Crippen LogP contribution in [0.2, 0.25) is 0 Å². The van der Waals surface area contributed by atoms with Crippen LogP contribution in [0.4, 0.5) is 4.39 Å². The smallest absolute Gasteiger partial charge is 0.325 e. The van der Waals surface area contributed by atoms with Crippen LogP contribution in [0.15, 0.2) is 22.7 Å². The molecule has 0 aliphatic heterocycles. The first-order valence-electron chi connectivity index (χ1n) is 5.31. The Kier molecular flexibility index (Phi) is 5.27. The van der Waals surface area contributed by atoms with E-state index in [9.17, 15) is 14.0 Å². The molecule has 1 rings (SSSR count). The standard InChI is InChI=1S/C12H13BrFNO3/c1-3-15(7-10(16)18-2)12(17)11-8(13)5-4-6-9(11)14/h4-6H,3,7H2,1-2H3. The lowest BCUT2D eigenvalue weighted by Crippen LogP contribution is -2.36. The number of methoxy groups -OCH3 is 1. The van der Waals surface area contributed by atoms with E-state index in [1.807, 2.05) is 0 Å². The summed E-state index contributed by atoms with van der Waals surface area (Å²) in [6.45, 7) is 1.79. The van der Waals surface area contributed by atoms with Crippen LogP contribution in [0.1, 0.15) is 17.3 Å². The highest BCUT2D eigenvalue weighted by Gasteiger charge is 2.22. The number of esters is 1. The molecular weight excluding hydrogens is 305 g/mol. The molecular formula is C12H13BrFNO3. The Labute approximate surface area is 113 Å². The van der Waals surface area contributed by atoms with Crippen molar-refractivity contribution in [2.45, 2.75) is 6.92 Å². The number of amides is 1. The molecule has 0 atom stereocenters. The molecule has 6 heteroatoms. The van der Waals surface area contributed by atoms with Gasteiger partial charge in [-0.25, -0.2) is 4.39 Å². The Bertz CT molecular complexity index is 444. The van der Waals surface area contributed by atoms with E-state index in [4.69, 9.17) is 0 Å². The predicted octanol–water partition coefficient (Wildman–Crippen LogP) is 2.22. The van der Waals surface area contributed by atoms with Gasteiger partial charge in [0.05, 0.1) is 12.7 Å². The Morgan fingerprint density at radius 1 is 1.44 bits per heavy atom. The molecule has 0 N–H and O–H groups in total. The molecule has 18 heavy (non-hydrogen) atoms. The molecule has 0 fully saturated rings. The largest absolute Gasteiger partial charge is 0.468 e. The normalized spacial score (nSPS) is 10.0. The van der Waals surface area contributed by atoms with Crippen LogP contribution in [0.25, 0.3) is 0 Å². The van der Waals surface area contributed by atoms with Gasteiger partial charge in [-0.1, -0.05) is 6.07 Å². The summed E-state index contributed by atoms with van der Waals surface area (Å²) in [5.41, 5.74) is -0.0803. The van der Waals surface area contributed by atoms with E-state index >= 15 is 0 Å². The average Bonchev–Trinajstić information content (AvgIpc) is 2.35. The van der Waals surface area contributed by atoms with Crippen molar-refractivity contribution in [2.75, 3.05) is 20.2 Å². The lowest BCUT2D eigenvalue weighted by Gasteiger charge is -2.20. The third kappa shape index (κ3) is 3.29. The number of nitrogens with zero attached hydrogens (tertiary/aromatic N) is 1. The summed E-state index contributed by atoms with van der Waals surface area (Å²) in [6.07, 6.45) is 0. The minimum atomic E-state index is -0.627. The summed E-state index contributed by atoms with van der Waals surface area (Å²) in [4.78, 5) is 24.5. The van der Waals surface area contributed by atoms with E-state index < -0.39 is 17.7 Å². The Hall–Kier alpha value is -1.43. The third-order valence-corrected chi connectivity index (χ3v) is 3.05. The summed E-state index contributed by atoms with van der Waals surface area (Å²) in [5.74, 6) is -1.72. The maximum Gasteiger partial charge on any atom is 0.325 e. The van der Waals surface area contributed by atoms with Crippen molar-refractivity contribution < 1.29 is 18.7 Å². The Morgan fingerprint density at radius 3 is 2.61 bits per heavy atom. The van der Waals surface area contributed by atoms with Gasteiger partial charge in [-0.2, -0.15) is 0 Å². The van der Waals surface area contributed by atoms with Crippen LogP contribution < -0.4 is 0 Å². The lowest BCUT2D eigenvalue weighted by atomic mass is 10.2. The number of benzene rings is 1. The quantitative estimate of drug-likeness (QED) is 0.800. The molecule has 0 spiro atoms. The van der Waals surface area contributed by atoms with E-state index in [2.05, 4.69) is 20.7 Å². The molecule has 0 aliphatic carbocycles. The molecule has 0 radical (unpaired) electrons. The molecule has 0 aliphatic rings. The Morgan fingerprint density at radius 2 is 2.11 bits per heavy atom. The van der Waals surface area contributed by atoms with Crippen molar-refractivity contribution in [1.82, 2.24) is 4.90 Å². The number of rotatable bonds is 4. The first kappa shape index (κ1) is 14.6. The molecule has 1 amide bonds. The number of likely N-dealkylation sites (N-methyl/N-ethyl adjacent to an activating group) is 1. The number of halogens is 2. The molecule has 1 aromatic carbocycles. The molecule has 0 saturated carbocycles. The maximum absolute atomic E-state index is 13.6. The van der Waals surface area contributed by atoms with Gasteiger partial charge < -0.3 is 9.64 Å². The lowest BCUT2D eigenvalue weighted by molar-refractivity contribution is -0.141. The molecule has 4 nitrogen and oxygen atoms in total. The minimum Gasteiger partial charge on any atom is -0.468 e. The highest BCUT2D eigenvalue weighted by Crippen LogP contribution is 2.21. The fourth-order valence-corrected chi connectivity index (χ4v) is 1.92. The summed E-state index contributed by atoms with van der Waals surface area (Å²) in [5, 5.41) is 0. The number of hydrogen-bond donors (Lipinski definition) is 0. The van der Waals surface area contributed by atoms with Gasteiger partial charge in [0, 0.05) is 11.0 Å². The average molecular weight is 318 g/mol. The second-order valence-electron chi connectivity index (χ2n) is 3.49. The van der Waals surface area contributed by atoms with Gasteiger partial charge in [-0.3, -0.25) is 9.59 Å². The number of carbonyl (C=O) groups is 2. The number of hydrogen-bond acceptors (Lipinski definition) is 3. The summed E-state index contributed by atoms with van der Waals surface area (Å²) in [6, 6.07) is 4.26. The van der Waals surface area contributed by atoms with Crippen molar-refractivity contribution in [3.63, 3.8) is 0 Å². The van der Waals surface area contributed by atoms with Gasteiger partial charge in [0.1, 0.15) is 12.4 Å². The molecule has 0 saturated heterocycles. The summed E-state index contributed by atoms with van der Waals surface area (Å²) < 4.78 is 18.5. The van der Waals surface area contributed by atoms with Crippen molar-refractivity contribution in [3.8, 4) is 0 Å². The highest BCUT2D eigenvalue weighted by atomic mass is 79.9. The van der Waals surface area contributed by atoms with Gasteiger partial charge in [0.15, 0.2) is 0 Å². The van der Waals surface area contributed by atoms with Gasteiger partial charge in [0.25, 0.3) is 5.91 Å². The van der Waals surface area contributed by atoms with Crippen molar-refractivity contribution in [2.24, 2.45) is 0 Å². The molecule has 1 aromatic rings. The predicted molar refractivity (Wildman–Crippen MR) is 67.7 cm³/mol. The zero-order chi connectivity index (χ0) is 13.7. The molecule has 98 valence electrons. The Balaban J connectivity index is 3.00. The first-order chi connectivity index (χ1) is 8.51. The SMILES string of the molecule is CCN(CC(=O)OC)C(=O)c1c(F)cccc1Br. The monoisotopic (exact) mass is 317 g/mol. The topological polar surface area (TPSA) is 46.6 Å². The van der Waals surface area contributed by atoms with Crippen LogP contribution in [0.3, 0.4) is 0 Å². The molecule has 0 aromatic heterocycles. The van der Waals surface area contributed by atoms with Crippen LogP contribution in [0, 0.1) is 5.82 Å².